The van der Waals surface area contributed by atoms with Gasteiger partial charge in [-0.05, 0) is 36.4 Å². The molecule has 8 nitrogen and oxygen atoms in total. The average molecular weight is 345 g/mol. The van der Waals surface area contributed by atoms with Crippen molar-refractivity contribution >= 4 is 27.5 Å². The molecule has 0 radical (unpaired) electrons. The predicted octanol–water partition coefficient (Wildman–Crippen LogP) is 0.852. The summed E-state index contributed by atoms with van der Waals surface area (Å²) >= 11 is 0. The van der Waals surface area contributed by atoms with E-state index in [2.05, 4.69) is 14.7 Å². The fourth-order valence-electron chi connectivity index (χ4n) is 1.74. The number of benzene rings is 1. The second-order valence-corrected chi connectivity index (χ2v) is 6.20. The van der Waals surface area contributed by atoms with Crippen molar-refractivity contribution in [2.45, 2.75) is 4.90 Å². The van der Waals surface area contributed by atoms with Gasteiger partial charge in [-0.15, -0.1) is 4.40 Å². The lowest BCUT2D eigenvalue weighted by molar-refractivity contribution is 0.104. The number of hydrogen-bond donors (Lipinski definition) is 3. The quantitative estimate of drug-likeness (QED) is 0.305. The lowest BCUT2D eigenvalue weighted by Crippen LogP contribution is -2.24. The Morgan fingerprint density at radius 1 is 1.08 bits per heavy atom. The maximum atomic E-state index is 11.9. The van der Waals surface area contributed by atoms with Gasteiger partial charge in [0.25, 0.3) is 10.0 Å². The lowest BCUT2D eigenvalue weighted by atomic mass is 10.2. The number of sulfonamides is 1. The van der Waals surface area contributed by atoms with Crippen molar-refractivity contribution in [3.63, 3.8) is 0 Å². The summed E-state index contributed by atoms with van der Waals surface area (Å²) in [4.78, 5) is 15.6. The van der Waals surface area contributed by atoms with E-state index < -0.39 is 16.0 Å². The fourth-order valence-corrected chi connectivity index (χ4v) is 2.60. The smallest absolute Gasteiger partial charge is 0.285 e. The van der Waals surface area contributed by atoms with Gasteiger partial charge < -0.3 is 16.8 Å². The molecule has 0 atom stereocenters. The second kappa shape index (κ2) is 7.38. The molecule has 2 aromatic rings. The molecule has 0 spiro atoms. The van der Waals surface area contributed by atoms with Gasteiger partial charge >= 0.3 is 0 Å². The summed E-state index contributed by atoms with van der Waals surface area (Å²) in [6.07, 6.45) is 5.89. The minimum atomic E-state index is -3.91. The van der Waals surface area contributed by atoms with Crippen LogP contribution in [0.1, 0.15) is 10.4 Å². The predicted molar refractivity (Wildman–Crippen MR) is 90.8 cm³/mol. The van der Waals surface area contributed by atoms with Crippen molar-refractivity contribution in [2.75, 3.05) is 5.32 Å². The van der Waals surface area contributed by atoms with Crippen molar-refractivity contribution in [3.8, 4) is 0 Å². The minimum Gasteiger partial charge on any atom is -0.369 e. The Labute approximate surface area is 139 Å². The summed E-state index contributed by atoms with van der Waals surface area (Å²) in [5.41, 5.74) is 11.3. The van der Waals surface area contributed by atoms with Crippen LogP contribution in [0.4, 0.5) is 5.69 Å². The molecule has 0 aliphatic heterocycles. The number of rotatable bonds is 6. The Kier molecular flexibility index (Phi) is 5.27. The molecule has 1 aromatic heterocycles. The van der Waals surface area contributed by atoms with E-state index in [1.807, 2.05) is 0 Å². The van der Waals surface area contributed by atoms with Gasteiger partial charge in [0.1, 0.15) is 0 Å². The lowest BCUT2D eigenvalue weighted by Gasteiger charge is -2.03. The summed E-state index contributed by atoms with van der Waals surface area (Å²) in [6.45, 7) is 0. The molecule has 0 saturated heterocycles. The van der Waals surface area contributed by atoms with E-state index >= 15 is 0 Å². The number of anilines is 1. The van der Waals surface area contributed by atoms with E-state index in [9.17, 15) is 13.2 Å². The second-order valence-electron chi connectivity index (χ2n) is 4.59. The van der Waals surface area contributed by atoms with Crippen molar-refractivity contribution < 1.29 is 13.2 Å². The number of aromatic nitrogens is 1. The van der Waals surface area contributed by atoms with Gasteiger partial charge in [-0.3, -0.25) is 9.78 Å². The van der Waals surface area contributed by atoms with Crippen LogP contribution in [-0.4, -0.2) is 25.1 Å². The number of nitrogens with zero attached hydrogens (tertiary/aromatic N) is 2. The summed E-state index contributed by atoms with van der Waals surface area (Å²) in [5, 5.41) is 2.87. The van der Waals surface area contributed by atoms with Crippen LogP contribution >= 0.6 is 0 Å². The maximum Gasteiger partial charge on any atom is 0.285 e. The molecule has 0 amide bonds. The molecule has 0 saturated carbocycles. The maximum absolute atomic E-state index is 11.9. The number of pyridine rings is 1. The Morgan fingerprint density at radius 3 is 2.29 bits per heavy atom. The SMILES string of the molecule is NC(N)=NS(=O)(=O)c1ccc(N/C=C/C(=O)c2ccncc2)cc1. The molecule has 124 valence electrons. The number of guanidine groups is 1. The number of carbonyl (C=O) groups excluding carboxylic acids is 1. The first-order valence-electron chi connectivity index (χ1n) is 6.72. The summed E-state index contributed by atoms with van der Waals surface area (Å²) < 4.78 is 26.8. The van der Waals surface area contributed by atoms with Crippen LogP contribution in [0.2, 0.25) is 0 Å². The molecule has 2 rings (SSSR count). The zero-order chi connectivity index (χ0) is 17.6. The zero-order valence-electron chi connectivity index (χ0n) is 12.5. The van der Waals surface area contributed by atoms with Gasteiger partial charge in [-0.25, -0.2) is 0 Å². The number of carbonyl (C=O) groups is 1. The van der Waals surface area contributed by atoms with Crippen LogP contribution in [0.3, 0.4) is 0 Å². The van der Waals surface area contributed by atoms with Gasteiger partial charge in [0.05, 0.1) is 4.90 Å². The van der Waals surface area contributed by atoms with Crippen LogP contribution < -0.4 is 16.8 Å². The zero-order valence-corrected chi connectivity index (χ0v) is 13.3. The Hall–Kier alpha value is -3.20. The van der Waals surface area contributed by atoms with Gasteiger partial charge in [0, 0.05) is 35.9 Å². The van der Waals surface area contributed by atoms with Crippen LogP contribution in [-0.2, 0) is 10.0 Å². The number of allylic oxidation sites excluding steroid dienone is 1. The van der Waals surface area contributed by atoms with Crippen LogP contribution in [0.15, 0.2) is 70.4 Å². The highest BCUT2D eigenvalue weighted by Gasteiger charge is 2.12. The molecule has 9 heteroatoms. The molecule has 0 unspecified atom stereocenters. The Balaban J connectivity index is 2.04. The van der Waals surface area contributed by atoms with Gasteiger partial charge in [-0.1, -0.05) is 0 Å². The summed E-state index contributed by atoms with van der Waals surface area (Å²) in [5.74, 6) is -0.716. The van der Waals surface area contributed by atoms with Gasteiger partial charge in [-0.2, -0.15) is 8.42 Å². The monoisotopic (exact) mass is 345 g/mol. The molecule has 0 aliphatic rings. The van der Waals surface area contributed by atoms with Crippen molar-refractivity contribution in [1.82, 2.24) is 4.98 Å². The molecule has 1 heterocycles. The van der Waals surface area contributed by atoms with E-state index in [1.54, 1.807) is 12.1 Å². The van der Waals surface area contributed by atoms with E-state index in [4.69, 9.17) is 11.5 Å². The molecular weight excluding hydrogens is 330 g/mol. The molecule has 0 bridgehead atoms. The highest BCUT2D eigenvalue weighted by molar-refractivity contribution is 7.90. The minimum absolute atomic E-state index is 0.0432. The Morgan fingerprint density at radius 2 is 1.71 bits per heavy atom. The number of hydrogen-bond acceptors (Lipinski definition) is 5. The van der Waals surface area contributed by atoms with Gasteiger partial charge in [0.15, 0.2) is 5.78 Å². The van der Waals surface area contributed by atoms with Crippen molar-refractivity contribution in [2.24, 2.45) is 15.9 Å². The number of ketones is 1. The van der Waals surface area contributed by atoms with E-state index in [0.29, 0.717) is 11.3 Å². The van der Waals surface area contributed by atoms with Crippen molar-refractivity contribution in [1.29, 1.82) is 0 Å². The van der Waals surface area contributed by atoms with E-state index in [0.717, 1.165) is 0 Å². The van der Waals surface area contributed by atoms with E-state index in [-0.39, 0.29) is 10.7 Å². The largest absolute Gasteiger partial charge is 0.369 e. The highest BCUT2D eigenvalue weighted by Crippen LogP contribution is 2.16. The third-order valence-corrected chi connectivity index (χ3v) is 4.15. The molecular formula is C15H15N5O3S. The molecule has 0 fully saturated rings. The number of nitrogens with one attached hydrogen (secondary N) is 1. The molecule has 24 heavy (non-hydrogen) atoms. The third kappa shape index (κ3) is 4.65. The molecule has 5 N–H and O–H groups in total. The fraction of sp³-hybridized carbons (Fsp3) is 0. The summed E-state index contributed by atoms with van der Waals surface area (Å²) in [7, 11) is -3.91. The van der Waals surface area contributed by atoms with Gasteiger partial charge in [0.2, 0.25) is 5.96 Å². The topological polar surface area (TPSA) is 141 Å². The van der Waals surface area contributed by atoms with Crippen molar-refractivity contribution in [3.05, 3.63) is 66.6 Å². The average Bonchev–Trinajstić information content (AvgIpc) is 2.55. The van der Waals surface area contributed by atoms with Crippen LogP contribution in [0, 0.1) is 0 Å². The molecule has 1 aromatic carbocycles. The van der Waals surface area contributed by atoms with Crippen LogP contribution in [0.25, 0.3) is 0 Å². The Bertz CT molecular complexity index is 871. The van der Waals surface area contributed by atoms with E-state index in [1.165, 1.54) is 48.9 Å². The summed E-state index contributed by atoms with van der Waals surface area (Å²) in [6, 6.07) is 8.96. The molecule has 0 aliphatic carbocycles. The van der Waals surface area contributed by atoms with Crippen LogP contribution in [0.5, 0.6) is 0 Å². The first kappa shape index (κ1) is 17.2. The number of nitrogens with two attached hydrogens (primary N) is 2. The highest BCUT2D eigenvalue weighted by atomic mass is 32.2. The first-order chi connectivity index (χ1) is 11.4. The normalized spacial score (nSPS) is 11.2. The third-order valence-electron chi connectivity index (χ3n) is 2.83. The standard InChI is InChI=1S/C15H15N5O3S/c16-15(17)20-24(22,23)13-3-1-12(2-4-13)19-10-7-14(21)11-5-8-18-9-6-11/h1-10,19H,(H4,16,17,20)/b10-7+. The first-order valence-corrected chi connectivity index (χ1v) is 8.16.